The average molecular weight is 284 g/mol. The second kappa shape index (κ2) is 5.60. The van der Waals surface area contributed by atoms with Gasteiger partial charge in [-0.1, -0.05) is 6.42 Å². The van der Waals surface area contributed by atoms with Crippen molar-refractivity contribution in [1.82, 2.24) is 10.6 Å². The first-order chi connectivity index (χ1) is 9.36. The van der Waals surface area contributed by atoms with Crippen LogP contribution in [0.1, 0.15) is 46.0 Å². The largest absolute Gasteiger partial charge is 0.481 e. The highest BCUT2D eigenvalue weighted by Crippen LogP contribution is 2.38. The van der Waals surface area contributed by atoms with Gasteiger partial charge in [0, 0.05) is 19.2 Å². The van der Waals surface area contributed by atoms with E-state index in [9.17, 15) is 14.7 Å². The number of ether oxygens (including phenoxy) is 1. The number of hydrogen-bond acceptors (Lipinski definition) is 3. The molecule has 0 aromatic rings. The van der Waals surface area contributed by atoms with E-state index in [1.807, 2.05) is 6.92 Å². The highest BCUT2D eigenvalue weighted by molar-refractivity contribution is 5.79. The van der Waals surface area contributed by atoms with E-state index >= 15 is 0 Å². The molecule has 114 valence electrons. The van der Waals surface area contributed by atoms with Crippen molar-refractivity contribution in [3.63, 3.8) is 0 Å². The lowest BCUT2D eigenvalue weighted by Gasteiger charge is -2.29. The van der Waals surface area contributed by atoms with E-state index in [2.05, 4.69) is 10.6 Å². The molecule has 0 aromatic heterocycles. The molecule has 0 aromatic carbocycles. The molecule has 1 saturated carbocycles. The molecule has 1 saturated heterocycles. The highest BCUT2D eigenvalue weighted by Gasteiger charge is 2.46. The molecule has 0 bridgehead atoms. The molecule has 2 amide bonds. The summed E-state index contributed by atoms with van der Waals surface area (Å²) >= 11 is 0. The lowest BCUT2D eigenvalue weighted by molar-refractivity contribution is -0.148. The topological polar surface area (TPSA) is 87.7 Å². The maximum absolute atomic E-state index is 11.9. The van der Waals surface area contributed by atoms with Gasteiger partial charge >= 0.3 is 12.0 Å². The normalized spacial score (nSPS) is 36.8. The highest BCUT2D eigenvalue weighted by atomic mass is 16.5. The number of carboxylic acid groups (broad SMARTS) is 1. The van der Waals surface area contributed by atoms with Crippen molar-refractivity contribution in [3.8, 4) is 0 Å². The molecule has 1 heterocycles. The van der Waals surface area contributed by atoms with E-state index in [-0.39, 0.29) is 17.7 Å². The van der Waals surface area contributed by atoms with Gasteiger partial charge in [0.2, 0.25) is 0 Å². The summed E-state index contributed by atoms with van der Waals surface area (Å²) in [7, 11) is 0. The van der Waals surface area contributed by atoms with Crippen molar-refractivity contribution in [2.24, 2.45) is 5.41 Å². The first-order valence-corrected chi connectivity index (χ1v) is 7.27. The van der Waals surface area contributed by atoms with Crippen LogP contribution in [0.15, 0.2) is 0 Å². The third-order valence-corrected chi connectivity index (χ3v) is 4.68. The van der Waals surface area contributed by atoms with Crippen LogP contribution in [0.3, 0.4) is 0 Å². The van der Waals surface area contributed by atoms with Crippen LogP contribution in [-0.4, -0.2) is 41.9 Å². The molecule has 2 fully saturated rings. The second-order valence-corrected chi connectivity index (χ2v) is 6.40. The number of urea groups is 1. The second-order valence-electron chi connectivity index (χ2n) is 6.40. The molecule has 3 N–H and O–H groups in total. The number of carbonyl (C=O) groups is 2. The van der Waals surface area contributed by atoms with E-state index < -0.39 is 11.4 Å². The van der Waals surface area contributed by atoms with Crippen molar-refractivity contribution in [2.45, 2.75) is 57.6 Å². The standard InChI is InChI=1S/C14H24N2O4/c1-13(6-4-8-20-13)9-15-12(19)16-10-5-3-7-14(10,2)11(17)18/h10H,3-9H2,1-2H3,(H,17,18)(H2,15,16,19). The molecule has 0 spiro atoms. The lowest BCUT2D eigenvalue weighted by atomic mass is 9.85. The molecule has 2 rings (SSSR count). The maximum atomic E-state index is 11.9. The van der Waals surface area contributed by atoms with E-state index in [4.69, 9.17) is 4.74 Å². The Labute approximate surface area is 119 Å². The van der Waals surface area contributed by atoms with Gasteiger partial charge in [0.1, 0.15) is 0 Å². The van der Waals surface area contributed by atoms with Crippen LogP contribution >= 0.6 is 0 Å². The van der Waals surface area contributed by atoms with Crippen molar-refractivity contribution in [3.05, 3.63) is 0 Å². The molecule has 1 aliphatic heterocycles. The number of amides is 2. The van der Waals surface area contributed by atoms with Crippen molar-refractivity contribution in [1.29, 1.82) is 0 Å². The molecular formula is C14H24N2O4. The first-order valence-electron chi connectivity index (χ1n) is 7.27. The van der Waals surface area contributed by atoms with Crippen LogP contribution in [-0.2, 0) is 9.53 Å². The third kappa shape index (κ3) is 3.06. The van der Waals surface area contributed by atoms with E-state index in [0.29, 0.717) is 19.4 Å². The smallest absolute Gasteiger partial charge is 0.315 e. The van der Waals surface area contributed by atoms with Crippen molar-refractivity contribution in [2.75, 3.05) is 13.2 Å². The number of hydrogen-bond donors (Lipinski definition) is 3. The summed E-state index contributed by atoms with van der Waals surface area (Å²) in [6.45, 7) is 4.88. The zero-order valence-electron chi connectivity index (χ0n) is 12.2. The summed E-state index contributed by atoms with van der Waals surface area (Å²) in [5.41, 5.74) is -1.14. The Morgan fingerprint density at radius 2 is 2.05 bits per heavy atom. The summed E-state index contributed by atoms with van der Waals surface area (Å²) < 4.78 is 5.60. The fourth-order valence-corrected chi connectivity index (χ4v) is 3.11. The van der Waals surface area contributed by atoms with Gasteiger partial charge in [-0.2, -0.15) is 0 Å². The van der Waals surface area contributed by atoms with Crippen molar-refractivity contribution < 1.29 is 19.4 Å². The van der Waals surface area contributed by atoms with Gasteiger partial charge in [-0.05, 0) is 39.5 Å². The molecule has 6 heteroatoms. The number of nitrogens with one attached hydrogen (secondary N) is 2. The van der Waals surface area contributed by atoms with Crippen LogP contribution in [0.2, 0.25) is 0 Å². The van der Waals surface area contributed by atoms with E-state index in [1.54, 1.807) is 6.92 Å². The minimum Gasteiger partial charge on any atom is -0.481 e. The fourth-order valence-electron chi connectivity index (χ4n) is 3.11. The molecule has 0 radical (unpaired) electrons. The van der Waals surface area contributed by atoms with Gasteiger partial charge < -0.3 is 20.5 Å². The molecule has 3 unspecified atom stereocenters. The van der Waals surface area contributed by atoms with Crippen LogP contribution in [0.4, 0.5) is 4.79 Å². The Hall–Kier alpha value is -1.30. The van der Waals surface area contributed by atoms with Crippen LogP contribution in [0.5, 0.6) is 0 Å². The number of rotatable bonds is 4. The zero-order valence-corrected chi connectivity index (χ0v) is 12.2. The first kappa shape index (κ1) is 15.1. The third-order valence-electron chi connectivity index (χ3n) is 4.68. The Bertz CT molecular complexity index is 393. The summed E-state index contributed by atoms with van der Waals surface area (Å²) in [4.78, 5) is 23.3. The number of carboxylic acids is 1. The van der Waals surface area contributed by atoms with Gasteiger partial charge in [-0.3, -0.25) is 4.79 Å². The summed E-state index contributed by atoms with van der Waals surface area (Å²) in [6, 6.07) is -0.613. The predicted molar refractivity (Wildman–Crippen MR) is 73.5 cm³/mol. The SMILES string of the molecule is CC1(CNC(=O)NC2CCCC2(C)C(=O)O)CCCO1. The Balaban J connectivity index is 1.83. The quantitative estimate of drug-likeness (QED) is 0.730. The summed E-state index contributed by atoms with van der Waals surface area (Å²) in [5, 5.41) is 14.9. The number of carbonyl (C=O) groups excluding carboxylic acids is 1. The monoisotopic (exact) mass is 284 g/mol. The van der Waals surface area contributed by atoms with Gasteiger partial charge in [0.05, 0.1) is 11.0 Å². The molecule has 20 heavy (non-hydrogen) atoms. The van der Waals surface area contributed by atoms with Gasteiger partial charge in [0.15, 0.2) is 0 Å². The van der Waals surface area contributed by atoms with Crippen LogP contribution < -0.4 is 10.6 Å². The zero-order chi connectivity index (χ0) is 14.8. The summed E-state index contributed by atoms with van der Waals surface area (Å²) in [6.07, 6.45) is 4.09. The minimum atomic E-state index is -0.856. The molecule has 2 aliphatic rings. The fraction of sp³-hybridized carbons (Fsp3) is 0.857. The summed E-state index contributed by atoms with van der Waals surface area (Å²) in [5.74, 6) is -0.841. The lowest BCUT2D eigenvalue weighted by Crippen LogP contribution is -2.52. The Morgan fingerprint density at radius 1 is 1.30 bits per heavy atom. The Kier molecular flexibility index (Phi) is 4.22. The Morgan fingerprint density at radius 3 is 2.65 bits per heavy atom. The van der Waals surface area contributed by atoms with Gasteiger partial charge in [-0.25, -0.2) is 4.79 Å². The molecule has 3 atom stereocenters. The molecule has 6 nitrogen and oxygen atoms in total. The van der Waals surface area contributed by atoms with Crippen LogP contribution in [0, 0.1) is 5.41 Å². The van der Waals surface area contributed by atoms with Crippen LogP contribution in [0.25, 0.3) is 0 Å². The molecular weight excluding hydrogens is 260 g/mol. The van der Waals surface area contributed by atoms with Gasteiger partial charge in [0.25, 0.3) is 0 Å². The van der Waals surface area contributed by atoms with Crippen molar-refractivity contribution >= 4 is 12.0 Å². The minimum absolute atomic E-state index is 0.289. The predicted octanol–water partition coefficient (Wildman–Crippen LogP) is 1.50. The van der Waals surface area contributed by atoms with E-state index in [1.165, 1.54) is 0 Å². The average Bonchev–Trinajstić information content (AvgIpc) is 2.96. The van der Waals surface area contributed by atoms with Gasteiger partial charge in [-0.15, -0.1) is 0 Å². The molecule has 1 aliphatic carbocycles. The number of aliphatic carboxylic acids is 1. The van der Waals surface area contributed by atoms with E-state index in [0.717, 1.165) is 25.9 Å². The maximum Gasteiger partial charge on any atom is 0.315 e.